The Morgan fingerprint density at radius 2 is 1.09 bits per heavy atom. The minimum Gasteiger partial charge on any atom is -0.432 e. The van der Waals surface area contributed by atoms with Crippen molar-refractivity contribution in [2.75, 3.05) is 0 Å². The molecule has 0 bridgehead atoms. The van der Waals surface area contributed by atoms with Gasteiger partial charge in [-0.05, 0) is 111 Å². The fourth-order valence-electron chi connectivity index (χ4n) is 8.59. The average molecular weight is 657 g/mol. The quantitative estimate of drug-likeness (QED) is 0.177. The third kappa shape index (κ3) is 9.12. The maximum absolute atomic E-state index is 15.2. The number of unbranched alkanes of at least 4 members (excludes halogenated alkanes) is 2. The first-order valence-electron chi connectivity index (χ1n) is 17.3. The molecular formula is C37H47F7O2. The smallest absolute Gasteiger partial charge is 0.432 e. The molecule has 2 nitrogen and oxygen atoms in total. The van der Waals surface area contributed by atoms with Crippen LogP contribution >= 0.6 is 0 Å². The van der Waals surface area contributed by atoms with Gasteiger partial charge in [-0.1, -0.05) is 57.6 Å². The van der Waals surface area contributed by atoms with Crippen LogP contribution in [-0.4, -0.2) is 12.5 Å². The minimum absolute atomic E-state index is 0.0691. The van der Waals surface area contributed by atoms with Crippen molar-refractivity contribution in [3.05, 3.63) is 48.0 Å². The van der Waals surface area contributed by atoms with Crippen LogP contribution in [0.3, 0.4) is 0 Å². The van der Waals surface area contributed by atoms with E-state index in [4.69, 9.17) is 4.74 Å². The second kappa shape index (κ2) is 15.2. The second-order valence-electron chi connectivity index (χ2n) is 14.1. The number of alkyl halides is 5. The fourth-order valence-corrected chi connectivity index (χ4v) is 8.59. The number of rotatable bonds is 11. The van der Waals surface area contributed by atoms with Gasteiger partial charge in [0.2, 0.25) is 0 Å². The van der Waals surface area contributed by atoms with Gasteiger partial charge in [-0.3, -0.25) is 0 Å². The highest BCUT2D eigenvalue weighted by Crippen LogP contribution is 2.48. The van der Waals surface area contributed by atoms with Crippen molar-refractivity contribution in [1.82, 2.24) is 0 Å². The Balaban J connectivity index is 1.08. The third-order valence-corrected chi connectivity index (χ3v) is 11.2. The number of halogens is 7. The molecule has 3 fully saturated rings. The average Bonchev–Trinajstić information content (AvgIpc) is 3.01. The van der Waals surface area contributed by atoms with Crippen molar-refractivity contribution in [3.63, 3.8) is 0 Å². The molecule has 0 heterocycles. The zero-order valence-electron chi connectivity index (χ0n) is 26.7. The first-order valence-corrected chi connectivity index (χ1v) is 17.3. The molecule has 0 radical (unpaired) electrons. The summed E-state index contributed by atoms with van der Waals surface area (Å²) in [6.07, 6.45) is 9.31. The lowest BCUT2D eigenvalue weighted by molar-refractivity contribution is -0.274. The Labute approximate surface area is 268 Å². The fraction of sp³-hybridized carbons (Fsp3) is 0.676. The van der Waals surface area contributed by atoms with Crippen molar-refractivity contribution >= 4 is 0 Å². The maximum Gasteiger partial charge on any atom is 0.573 e. The molecule has 46 heavy (non-hydrogen) atoms. The van der Waals surface area contributed by atoms with E-state index < -0.39 is 47.1 Å². The van der Waals surface area contributed by atoms with Gasteiger partial charge in [0.05, 0.1) is 11.5 Å². The van der Waals surface area contributed by atoms with Crippen LogP contribution in [0.25, 0.3) is 11.1 Å². The van der Waals surface area contributed by atoms with Gasteiger partial charge in [-0.25, -0.2) is 8.78 Å². The predicted molar refractivity (Wildman–Crippen MR) is 165 cm³/mol. The SMILES string of the molecule is CCCCCC1CCC(C2CCC(C3CCC(C(F)(F)Oc4cc(F)c(-c5ccc(OC(F)(F)F)cc5)c(F)c4)CC3)CC2)CC1. The molecule has 0 aliphatic heterocycles. The van der Waals surface area contributed by atoms with Gasteiger partial charge in [0, 0.05) is 12.1 Å². The minimum atomic E-state index is -4.91. The van der Waals surface area contributed by atoms with Crippen LogP contribution in [0.1, 0.15) is 110 Å². The van der Waals surface area contributed by atoms with Crippen molar-refractivity contribution in [2.24, 2.45) is 35.5 Å². The highest BCUT2D eigenvalue weighted by molar-refractivity contribution is 5.66. The molecule has 0 atom stereocenters. The largest absolute Gasteiger partial charge is 0.573 e. The Hall–Kier alpha value is -2.45. The first kappa shape index (κ1) is 34.9. The van der Waals surface area contributed by atoms with Crippen molar-refractivity contribution in [2.45, 2.75) is 122 Å². The van der Waals surface area contributed by atoms with E-state index in [0.717, 1.165) is 42.0 Å². The molecule has 3 saturated carbocycles. The molecule has 0 amide bonds. The molecule has 256 valence electrons. The van der Waals surface area contributed by atoms with Crippen LogP contribution in [0.15, 0.2) is 36.4 Å². The van der Waals surface area contributed by atoms with Gasteiger partial charge < -0.3 is 9.47 Å². The zero-order valence-corrected chi connectivity index (χ0v) is 26.7. The van der Waals surface area contributed by atoms with Gasteiger partial charge in [0.1, 0.15) is 23.1 Å². The van der Waals surface area contributed by atoms with Crippen LogP contribution in [0, 0.1) is 47.1 Å². The van der Waals surface area contributed by atoms with Crippen LogP contribution in [0.4, 0.5) is 30.7 Å². The Kier molecular flexibility index (Phi) is 11.5. The van der Waals surface area contributed by atoms with Gasteiger partial charge in [-0.15, -0.1) is 13.2 Å². The molecule has 0 aromatic heterocycles. The van der Waals surface area contributed by atoms with Gasteiger partial charge in [0.15, 0.2) is 0 Å². The summed E-state index contributed by atoms with van der Waals surface area (Å²) in [6, 6.07) is 5.34. The lowest BCUT2D eigenvalue weighted by Crippen LogP contribution is -2.38. The van der Waals surface area contributed by atoms with E-state index >= 15 is 8.78 Å². The number of benzene rings is 2. The summed E-state index contributed by atoms with van der Waals surface area (Å²) in [7, 11) is 0. The van der Waals surface area contributed by atoms with Gasteiger partial charge >= 0.3 is 12.5 Å². The lowest BCUT2D eigenvalue weighted by Gasteiger charge is -2.42. The normalized spacial score (nSPS) is 27.7. The summed E-state index contributed by atoms with van der Waals surface area (Å²) >= 11 is 0. The molecule has 2 aromatic rings. The number of hydrogen-bond donors (Lipinski definition) is 0. The van der Waals surface area contributed by atoms with Crippen molar-refractivity contribution < 1.29 is 40.2 Å². The molecule has 0 N–H and O–H groups in total. The molecule has 5 rings (SSSR count). The van der Waals surface area contributed by atoms with Crippen LogP contribution in [0.5, 0.6) is 11.5 Å². The van der Waals surface area contributed by atoms with E-state index in [9.17, 15) is 22.0 Å². The van der Waals surface area contributed by atoms with E-state index in [-0.39, 0.29) is 5.56 Å². The standard InChI is InChI=1S/C37H47F7O2/c1-2-3-4-5-24-6-8-25(9-7-24)26-10-12-27(13-11-26)28-14-18-30(19-15-28)36(40,41)45-32-22-33(38)35(34(39)23-32)29-16-20-31(21-17-29)46-37(42,43)44/h16-17,20-28,30H,2-15,18-19H2,1H3. The Morgan fingerprint density at radius 3 is 1.57 bits per heavy atom. The molecule has 0 saturated heterocycles. The first-order chi connectivity index (χ1) is 21.9. The maximum atomic E-state index is 15.2. The Morgan fingerprint density at radius 1 is 0.609 bits per heavy atom. The molecule has 2 aromatic carbocycles. The lowest BCUT2D eigenvalue weighted by atomic mass is 9.65. The van der Waals surface area contributed by atoms with E-state index in [2.05, 4.69) is 11.7 Å². The molecule has 3 aliphatic rings. The summed E-state index contributed by atoms with van der Waals surface area (Å²) in [4.78, 5) is 0. The van der Waals surface area contributed by atoms with E-state index in [1.54, 1.807) is 0 Å². The monoisotopic (exact) mass is 656 g/mol. The molecule has 0 unspecified atom stereocenters. The van der Waals surface area contributed by atoms with Gasteiger partial charge in [-0.2, -0.15) is 8.78 Å². The molecule has 3 aliphatic carbocycles. The number of hydrogen-bond acceptors (Lipinski definition) is 2. The predicted octanol–water partition coefficient (Wildman–Crippen LogP) is 12.5. The molecular weight excluding hydrogens is 609 g/mol. The summed E-state index contributed by atoms with van der Waals surface area (Å²) in [5, 5.41) is 0. The topological polar surface area (TPSA) is 18.5 Å². The summed E-state index contributed by atoms with van der Waals surface area (Å²) in [5.74, 6) is -0.921. The van der Waals surface area contributed by atoms with Crippen LogP contribution in [0.2, 0.25) is 0 Å². The molecule has 9 heteroatoms. The Bertz CT molecular complexity index is 1210. The van der Waals surface area contributed by atoms with E-state index in [1.165, 1.54) is 77.0 Å². The third-order valence-electron chi connectivity index (χ3n) is 11.2. The van der Waals surface area contributed by atoms with Crippen molar-refractivity contribution in [1.29, 1.82) is 0 Å². The summed E-state index contributed by atoms with van der Waals surface area (Å²) in [6.45, 7) is 2.26. The van der Waals surface area contributed by atoms with E-state index in [0.29, 0.717) is 49.7 Å². The van der Waals surface area contributed by atoms with Crippen molar-refractivity contribution in [3.8, 4) is 22.6 Å². The molecule has 0 spiro atoms. The van der Waals surface area contributed by atoms with Crippen LogP contribution in [-0.2, 0) is 0 Å². The summed E-state index contributed by atoms with van der Waals surface area (Å²) in [5.41, 5.74) is -0.625. The summed E-state index contributed by atoms with van der Waals surface area (Å²) < 4.78 is 106. The zero-order chi connectivity index (χ0) is 32.9. The highest BCUT2D eigenvalue weighted by atomic mass is 19.4. The van der Waals surface area contributed by atoms with Crippen LogP contribution < -0.4 is 9.47 Å². The van der Waals surface area contributed by atoms with E-state index in [1.807, 2.05) is 0 Å². The second-order valence-corrected chi connectivity index (χ2v) is 14.1. The number of ether oxygens (including phenoxy) is 2. The van der Waals surface area contributed by atoms with Gasteiger partial charge in [0.25, 0.3) is 0 Å². The highest BCUT2D eigenvalue weighted by Gasteiger charge is 2.45.